The van der Waals surface area contributed by atoms with E-state index in [4.69, 9.17) is 5.11 Å². The first-order chi connectivity index (χ1) is 8.70. The molecule has 1 N–H and O–H groups in total. The highest BCUT2D eigenvalue weighted by atomic mass is 32.2. The summed E-state index contributed by atoms with van der Waals surface area (Å²) in [5.74, 6) is 0. The maximum absolute atomic E-state index is 12.3. The normalized spacial score (nSPS) is 13.2. The molecule has 1 aromatic heterocycles. The molecule has 0 radical (unpaired) electrons. The van der Waals surface area contributed by atoms with E-state index in [1.54, 1.807) is 0 Å². The maximum Gasteiger partial charge on any atom is 0.402 e. The molecule has 0 atom stereocenters. The Morgan fingerprint density at radius 3 is 2.58 bits per heavy atom. The first-order valence-corrected chi connectivity index (χ1v) is 6.85. The highest BCUT2D eigenvalue weighted by Crippen LogP contribution is 2.22. The zero-order valence-corrected chi connectivity index (χ0v) is 10.9. The number of alkyl halides is 3. The molecule has 1 aromatic rings. The molecule has 0 saturated carbocycles. The largest absolute Gasteiger partial charge is 0.402 e. The van der Waals surface area contributed by atoms with Crippen molar-refractivity contribution in [2.75, 3.05) is 19.7 Å². The zero-order valence-electron chi connectivity index (χ0n) is 10.1. The number of sulfonamides is 1. The van der Waals surface area contributed by atoms with Crippen LogP contribution in [0.3, 0.4) is 0 Å². The smallest absolute Gasteiger partial charge is 0.394 e. The Morgan fingerprint density at radius 2 is 2.11 bits per heavy atom. The second-order valence-electron chi connectivity index (χ2n) is 3.71. The summed E-state index contributed by atoms with van der Waals surface area (Å²) in [6.07, 6.45) is -2.56. The molecule has 0 unspecified atom stereocenters. The first kappa shape index (κ1) is 15.9. The van der Waals surface area contributed by atoms with Crippen molar-refractivity contribution in [3.8, 4) is 0 Å². The third-order valence-electron chi connectivity index (χ3n) is 2.28. The van der Waals surface area contributed by atoms with E-state index in [9.17, 15) is 21.6 Å². The number of aromatic nitrogens is 2. The SMILES string of the molecule is CCN(CC(F)(F)F)S(=O)(=O)c1cnn(CCO)c1. The van der Waals surface area contributed by atoms with Crippen molar-refractivity contribution in [3.05, 3.63) is 12.4 Å². The average Bonchev–Trinajstić information content (AvgIpc) is 2.74. The van der Waals surface area contributed by atoms with Gasteiger partial charge in [0.1, 0.15) is 11.4 Å². The van der Waals surface area contributed by atoms with Gasteiger partial charge in [-0.3, -0.25) is 4.68 Å². The Bertz CT molecular complexity index is 512. The van der Waals surface area contributed by atoms with Crippen molar-refractivity contribution >= 4 is 10.0 Å². The molecule has 0 amide bonds. The summed E-state index contributed by atoms with van der Waals surface area (Å²) in [5.41, 5.74) is 0. The van der Waals surface area contributed by atoms with Crippen LogP contribution in [0.5, 0.6) is 0 Å². The van der Waals surface area contributed by atoms with Gasteiger partial charge in [-0.1, -0.05) is 6.92 Å². The number of halogens is 3. The van der Waals surface area contributed by atoms with Gasteiger partial charge in [0.25, 0.3) is 0 Å². The minimum Gasteiger partial charge on any atom is -0.394 e. The van der Waals surface area contributed by atoms with E-state index in [0.29, 0.717) is 4.31 Å². The molecule has 6 nitrogen and oxygen atoms in total. The summed E-state index contributed by atoms with van der Waals surface area (Å²) in [4.78, 5) is -0.327. The van der Waals surface area contributed by atoms with Crippen molar-refractivity contribution in [1.29, 1.82) is 0 Å². The molecule has 110 valence electrons. The summed E-state index contributed by atoms with van der Waals surface area (Å²) < 4.78 is 62.3. The highest BCUT2D eigenvalue weighted by Gasteiger charge is 2.36. The summed E-state index contributed by atoms with van der Waals surface area (Å²) in [5, 5.41) is 12.3. The van der Waals surface area contributed by atoms with Gasteiger partial charge < -0.3 is 5.11 Å². The number of nitrogens with zero attached hydrogens (tertiary/aromatic N) is 3. The zero-order chi connectivity index (χ0) is 14.7. The number of aliphatic hydroxyl groups excluding tert-OH is 1. The van der Waals surface area contributed by atoms with Crippen LogP contribution in [-0.4, -0.2) is 53.5 Å². The fraction of sp³-hybridized carbons (Fsp3) is 0.667. The van der Waals surface area contributed by atoms with Crippen LogP contribution in [0, 0.1) is 0 Å². The van der Waals surface area contributed by atoms with Crippen LogP contribution in [0.4, 0.5) is 13.2 Å². The van der Waals surface area contributed by atoms with Gasteiger partial charge in [-0.25, -0.2) is 8.42 Å². The molecule has 1 rings (SSSR count). The van der Waals surface area contributed by atoms with Gasteiger partial charge in [-0.15, -0.1) is 0 Å². The van der Waals surface area contributed by atoms with Crippen LogP contribution in [0.15, 0.2) is 17.3 Å². The van der Waals surface area contributed by atoms with Crippen molar-refractivity contribution in [2.45, 2.75) is 24.5 Å². The number of hydrogen-bond acceptors (Lipinski definition) is 4. The molecule has 0 saturated heterocycles. The molecule has 19 heavy (non-hydrogen) atoms. The van der Waals surface area contributed by atoms with E-state index in [2.05, 4.69) is 5.10 Å². The predicted octanol–water partition coefficient (Wildman–Crippen LogP) is 0.448. The molecule has 1 heterocycles. The van der Waals surface area contributed by atoms with E-state index in [1.807, 2.05) is 0 Å². The Balaban J connectivity index is 2.99. The van der Waals surface area contributed by atoms with Gasteiger partial charge in [-0.2, -0.15) is 22.6 Å². The topological polar surface area (TPSA) is 75.4 Å². The molecule has 0 aliphatic heterocycles. The van der Waals surface area contributed by atoms with E-state index in [1.165, 1.54) is 6.92 Å². The van der Waals surface area contributed by atoms with Crippen molar-refractivity contribution in [2.24, 2.45) is 0 Å². The molecular formula is C9H14F3N3O3S. The second-order valence-corrected chi connectivity index (χ2v) is 5.65. The first-order valence-electron chi connectivity index (χ1n) is 5.41. The van der Waals surface area contributed by atoms with Crippen LogP contribution in [0.25, 0.3) is 0 Å². The minimum atomic E-state index is -4.61. The van der Waals surface area contributed by atoms with E-state index in [-0.39, 0.29) is 24.6 Å². The van der Waals surface area contributed by atoms with Gasteiger partial charge >= 0.3 is 6.18 Å². The summed E-state index contributed by atoms with van der Waals surface area (Å²) in [6.45, 7) is -0.701. The van der Waals surface area contributed by atoms with Gasteiger partial charge in [0.2, 0.25) is 10.0 Å². The van der Waals surface area contributed by atoms with Gasteiger partial charge in [0.15, 0.2) is 0 Å². The lowest BCUT2D eigenvalue weighted by Crippen LogP contribution is -2.38. The molecule has 0 bridgehead atoms. The highest BCUT2D eigenvalue weighted by molar-refractivity contribution is 7.89. The molecule has 0 spiro atoms. The third-order valence-corrected chi connectivity index (χ3v) is 4.16. The Morgan fingerprint density at radius 1 is 1.47 bits per heavy atom. The minimum absolute atomic E-state index is 0.0704. The molecule has 0 aromatic carbocycles. The van der Waals surface area contributed by atoms with E-state index in [0.717, 1.165) is 17.1 Å². The van der Waals surface area contributed by atoms with Crippen LogP contribution in [-0.2, 0) is 16.6 Å². The summed E-state index contributed by atoms with van der Waals surface area (Å²) in [6, 6.07) is 0. The fourth-order valence-electron chi connectivity index (χ4n) is 1.42. The lowest BCUT2D eigenvalue weighted by molar-refractivity contribution is -0.135. The third kappa shape index (κ3) is 4.18. The molecule has 10 heteroatoms. The van der Waals surface area contributed by atoms with Crippen molar-refractivity contribution < 1.29 is 26.7 Å². The average molecular weight is 301 g/mol. The molecule has 0 aliphatic carbocycles. The van der Waals surface area contributed by atoms with Gasteiger partial charge in [0, 0.05) is 12.7 Å². The summed E-state index contributed by atoms with van der Waals surface area (Å²) >= 11 is 0. The summed E-state index contributed by atoms with van der Waals surface area (Å²) in [7, 11) is -4.23. The lowest BCUT2D eigenvalue weighted by Gasteiger charge is -2.20. The standard InChI is InChI=1S/C9H14F3N3O3S/c1-2-15(7-9(10,11)12)19(17,18)8-5-13-14(6-8)3-4-16/h5-6,16H,2-4,7H2,1H3. The second kappa shape index (κ2) is 5.88. The van der Waals surface area contributed by atoms with Crippen LogP contribution in [0.1, 0.15) is 6.92 Å². The van der Waals surface area contributed by atoms with E-state index < -0.39 is 22.7 Å². The number of hydrogen-bond donors (Lipinski definition) is 1. The van der Waals surface area contributed by atoms with Crippen LogP contribution < -0.4 is 0 Å². The molecule has 0 aliphatic rings. The molecule has 0 fully saturated rings. The Kier molecular flexibility index (Phi) is 4.93. The fourth-order valence-corrected chi connectivity index (χ4v) is 2.81. The lowest BCUT2D eigenvalue weighted by atomic mass is 10.6. The maximum atomic E-state index is 12.3. The van der Waals surface area contributed by atoms with E-state index >= 15 is 0 Å². The van der Waals surface area contributed by atoms with Gasteiger partial charge in [-0.05, 0) is 0 Å². The predicted molar refractivity (Wildman–Crippen MR) is 59.8 cm³/mol. The van der Waals surface area contributed by atoms with Crippen molar-refractivity contribution in [1.82, 2.24) is 14.1 Å². The number of aliphatic hydroxyl groups is 1. The number of rotatable bonds is 6. The van der Waals surface area contributed by atoms with Crippen molar-refractivity contribution in [3.63, 3.8) is 0 Å². The Labute approximate surface area is 108 Å². The monoisotopic (exact) mass is 301 g/mol. The Hall–Kier alpha value is -1.13. The molecular weight excluding hydrogens is 287 g/mol. The van der Waals surface area contributed by atoms with Crippen LogP contribution >= 0.6 is 0 Å². The van der Waals surface area contributed by atoms with Gasteiger partial charge in [0.05, 0.1) is 19.3 Å². The quantitative estimate of drug-likeness (QED) is 0.827. The van der Waals surface area contributed by atoms with Crippen LogP contribution in [0.2, 0.25) is 0 Å².